The van der Waals surface area contributed by atoms with E-state index in [-0.39, 0.29) is 5.82 Å². The van der Waals surface area contributed by atoms with Crippen LogP contribution < -0.4 is 0 Å². The van der Waals surface area contributed by atoms with Crippen LogP contribution in [0.5, 0.6) is 0 Å². The number of hydrogen-bond donors (Lipinski definition) is 0. The van der Waals surface area contributed by atoms with Crippen LogP contribution in [0.4, 0.5) is 4.39 Å². The summed E-state index contributed by atoms with van der Waals surface area (Å²) in [6, 6.07) is 8.57. The van der Waals surface area contributed by atoms with E-state index in [2.05, 4.69) is 26.0 Å². The van der Waals surface area contributed by atoms with Crippen LogP contribution in [0.25, 0.3) is 17.0 Å². The van der Waals surface area contributed by atoms with E-state index in [1.165, 1.54) is 6.07 Å². The van der Waals surface area contributed by atoms with Gasteiger partial charge >= 0.3 is 0 Å². The van der Waals surface area contributed by atoms with Gasteiger partial charge in [0.1, 0.15) is 5.82 Å². The Morgan fingerprint density at radius 3 is 2.89 bits per heavy atom. The van der Waals surface area contributed by atoms with Crippen LogP contribution in [0.2, 0.25) is 0 Å². The molecule has 0 aliphatic rings. The molecule has 2 aromatic heterocycles. The highest BCUT2D eigenvalue weighted by molar-refractivity contribution is 9.10. The molecule has 0 saturated heterocycles. The second-order valence-corrected chi connectivity index (χ2v) is 4.93. The summed E-state index contributed by atoms with van der Waals surface area (Å²) in [6.45, 7) is 1.95. The monoisotopic (exact) mass is 305 g/mol. The molecule has 0 aliphatic carbocycles. The number of benzene rings is 1. The number of nitrogens with zero attached hydrogens (tertiary/aromatic N) is 3. The highest BCUT2D eigenvalue weighted by atomic mass is 79.9. The zero-order valence-corrected chi connectivity index (χ0v) is 11.1. The molecule has 3 nitrogen and oxygen atoms in total. The summed E-state index contributed by atoms with van der Waals surface area (Å²) in [5, 5.41) is 4.29. The van der Waals surface area contributed by atoms with E-state index in [1.54, 1.807) is 22.8 Å². The van der Waals surface area contributed by atoms with Gasteiger partial charge in [-0.05, 0) is 36.8 Å². The van der Waals surface area contributed by atoms with Crippen LogP contribution in [0, 0.1) is 12.7 Å². The lowest BCUT2D eigenvalue weighted by Crippen LogP contribution is -1.89. The molecule has 0 fully saturated rings. The molecule has 18 heavy (non-hydrogen) atoms. The first-order valence-corrected chi connectivity index (χ1v) is 6.22. The van der Waals surface area contributed by atoms with E-state index < -0.39 is 0 Å². The van der Waals surface area contributed by atoms with Gasteiger partial charge in [0, 0.05) is 10.7 Å². The molecule has 0 saturated carbocycles. The number of rotatable bonds is 1. The molecular formula is C13H9BrFN3. The third kappa shape index (κ3) is 1.80. The van der Waals surface area contributed by atoms with Crippen molar-refractivity contribution in [3.8, 4) is 11.4 Å². The zero-order valence-electron chi connectivity index (χ0n) is 9.56. The molecule has 0 unspecified atom stereocenters. The molecule has 0 bridgehead atoms. The molecule has 0 spiro atoms. The molecule has 1 aromatic carbocycles. The lowest BCUT2D eigenvalue weighted by Gasteiger charge is -1.98. The molecule has 3 aromatic rings. The van der Waals surface area contributed by atoms with Gasteiger partial charge in [0.25, 0.3) is 0 Å². The van der Waals surface area contributed by atoms with Crippen molar-refractivity contribution in [1.82, 2.24) is 14.6 Å². The third-order valence-corrected chi connectivity index (χ3v) is 3.22. The molecule has 0 amide bonds. The number of halogens is 2. The average molecular weight is 306 g/mol. The summed E-state index contributed by atoms with van der Waals surface area (Å²) >= 11 is 3.32. The Labute approximate surface area is 111 Å². The molecule has 0 aliphatic heterocycles. The van der Waals surface area contributed by atoms with Crippen molar-refractivity contribution in [3.63, 3.8) is 0 Å². The minimum atomic E-state index is -0.327. The summed E-state index contributed by atoms with van der Waals surface area (Å²) in [5.74, 6) is 0.0647. The minimum absolute atomic E-state index is 0.327. The largest absolute Gasteiger partial charge is 0.220 e. The van der Waals surface area contributed by atoms with Crippen molar-refractivity contribution >= 4 is 21.6 Å². The Hall–Kier alpha value is -1.75. The van der Waals surface area contributed by atoms with Crippen LogP contribution in [-0.4, -0.2) is 14.6 Å². The van der Waals surface area contributed by atoms with Crippen LogP contribution in [0.1, 0.15) is 5.56 Å². The standard InChI is InChI=1S/C13H9BrFN3/c1-8-3-2-6-18-13(8)16-12(17-18)10-7-9(14)4-5-11(10)15/h2-7H,1H3. The van der Waals surface area contributed by atoms with Crippen LogP contribution in [0.3, 0.4) is 0 Å². The van der Waals surface area contributed by atoms with Crippen LogP contribution in [-0.2, 0) is 0 Å². The van der Waals surface area contributed by atoms with Gasteiger partial charge in [-0.2, -0.15) is 0 Å². The predicted octanol–water partition coefficient (Wildman–Crippen LogP) is 3.61. The van der Waals surface area contributed by atoms with Crippen molar-refractivity contribution in [2.24, 2.45) is 0 Å². The Bertz CT molecular complexity index is 736. The fourth-order valence-corrected chi connectivity index (χ4v) is 2.18. The fourth-order valence-electron chi connectivity index (χ4n) is 1.82. The molecule has 0 atom stereocenters. The molecule has 2 heterocycles. The highest BCUT2D eigenvalue weighted by Crippen LogP contribution is 2.24. The average Bonchev–Trinajstić information content (AvgIpc) is 2.77. The van der Waals surface area contributed by atoms with Crippen LogP contribution >= 0.6 is 15.9 Å². The van der Waals surface area contributed by atoms with Crippen LogP contribution in [0.15, 0.2) is 41.0 Å². The van der Waals surface area contributed by atoms with Gasteiger partial charge in [-0.15, -0.1) is 5.10 Å². The van der Waals surface area contributed by atoms with Gasteiger partial charge in [-0.3, -0.25) is 0 Å². The molecule has 0 radical (unpaired) electrons. The molecule has 3 rings (SSSR count). The zero-order chi connectivity index (χ0) is 12.7. The fraction of sp³-hybridized carbons (Fsp3) is 0.0769. The smallest absolute Gasteiger partial charge is 0.185 e. The van der Waals surface area contributed by atoms with Gasteiger partial charge in [-0.1, -0.05) is 22.0 Å². The topological polar surface area (TPSA) is 30.2 Å². The summed E-state index contributed by atoms with van der Waals surface area (Å²) < 4.78 is 16.2. The van der Waals surface area contributed by atoms with Gasteiger partial charge in [0.05, 0.1) is 5.56 Å². The first-order valence-electron chi connectivity index (χ1n) is 5.42. The second-order valence-electron chi connectivity index (χ2n) is 4.02. The maximum Gasteiger partial charge on any atom is 0.185 e. The van der Waals surface area contributed by atoms with Gasteiger partial charge in [-0.25, -0.2) is 13.9 Å². The maximum atomic E-state index is 13.8. The van der Waals surface area contributed by atoms with E-state index in [4.69, 9.17) is 0 Å². The lowest BCUT2D eigenvalue weighted by atomic mass is 10.2. The van der Waals surface area contributed by atoms with E-state index in [1.807, 2.05) is 19.1 Å². The summed E-state index contributed by atoms with van der Waals surface area (Å²) in [7, 11) is 0. The molecule has 0 N–H and O–H groups in total. The van der Waals surface area contributed by atoms with Gasteiger partial charge in [0.2, 0.25) is 0 Å². The van der Waals surface area contributed by atoms with E-state index >= 15 is 0 Å². The number of aryl methyl sites for hydroxylation is 1. The van der Waals surface area contributed by atoms with E-state index in [9.17, 15) is 4.39 Å². The highest BCUT2D eigenvalue weighted by Gasteiger charge is 2.12. The summed E-state index contributed by atoms with van der Waals surface area (Å²) in [4.78, 5) is 4.38. The first-order chi connectivity index (χ1) is 8.65. The quantitative estimate of drug-likeness (QED) is 0.687. The second kappa shape index (κ2) is 4.17. The maximum absolute atomic E-state index is 13.8. The Kier molecular flexibility index (Phi) is 2.63. The SMILES string of the molecule is Cc1cccn2nc(-c3cc(Br)ccc3F)nc12. The first kappa shape index (κ1) is 11.3. The van der Waals surface area contributed by atoms with Crippen molar-refractivity contribution in [1.29, 1.82) is 0 Å². The van der Waals surface area contributed by atoms with E-state index in [0.29, 0.717) is 11.4 Å². The minimum Gasteiger partial charge on any atom is -0.220 e. The van der Waals surface area contributed by atoms with E-state index in [0.717, 1.165) is 15.7 Å². The predicted molar refractivity (Wildman–Crippen MR) is 70.8 cm³/mol. The molecule has 90 valence electrons. The number of hydrogen-bond acceptors (Lipinski definition) is 2. The lowest BCUT2D eigenvalue weighted by molar-refractivity contribution is 0.629. The summed E-state index contributed by atoms with van der Waals surface area (Å²) in [6.07, 6.45) is 1.80. The van der Waals surface area contributed by atoms with Gasteiger partial charge < -0.3 is 0 Å². The van der Waals surface area contributed by atoms with Crippen molar-refractivity contribution in [3.05, 3.63) is 52.4 Å². The van der Waals surface area contributed by atoms with Crippen molar-refractivity contribution in [2.75, 3.05) is 0 Å². The third-order valence-electron chi connectivity index (χ3n) is 2.73. The number of fused-ring (bicyclic) bond motifs is 1. The number of pyridine rings is 1. The number of aromatic nitrogens is 3. The van der Waals surface area contributed by atoms with Crippen molar-refractivity contribution < 1.29 is 4.39 Å². The van der Waals surface area contributed by atoms with Crippen molar-refractivity contribution in [2.45, 2.75) is 6.92 Å². The van der Waals surface area contributed by atoms with Gasteiger partial charge in [0.15, 0.2) is 11.5 Å². The summed E-state index contributed by atoms with van der Waals surface area (Å²) in [5.41, 5.74) is 2.14. The molecular weight excluding hydrogens is 297 g/mol. The molecule has 5 heteroatoms. The Morgan fingerprint density at radius 1 is 1.28 bits per heavy atom. The Morgan fingerprint density at radius 2 is 2.11 bits per heavy atom. The normalized spacial score (nSPS) is 11.1. The Balaban J connectivity index is 2.26.